The van der Waals surface area contributed by atoms with Crippen LogP contribution in [0.2, 0.25) is 0 Å². The molecule has 0 radical (unpaired) electrons. The van der Waals surface area contributed by atoms with Crippen LogP contribution in [0.5, 0.6) is 0 Å². The predicted molar refractivity (Wildman–Crippen MR) is 82.5 cm³/mol. The van der Waals surface area contributed by atoms with Crippen LogP contribution in [0.3, 0.4) is 0 Å². The summed E-state index contributed by atoms with van der Waals surface area (Å²) in [5, 5.41) is 2.91. The molecule has 0 fully saturated rings. The Balaban J connectivity index is 1.72. The number of nitrogens with zero attached hydrogens (tertiary/aromatic N) is 1. The number of amides is 1. The molecule has 1 aliphatic carbocycles. The fraction of sp³-hybridized carbons (Fsp3) is 0.250. The highest BCUT2D eigenvalue weighted by molar-refractivity contribution is 9.10. The number of carbonyl (C=O) groups excluding carboxylic acids is 1. The van der Waals surface area contributed by atoms with Crippen molar-refractivity contribution in [2.24, 2.45) is 5.92 Å². The summed E-state index contributed by atoms with van der Waals surface area (Å²) in [6, 6.07) is 12.1. The van der Waals surface area contributed by atoms with E-state index in [1.165, 1.54) is 11.1 Å². The lowest BCUT2D eigenvalue weighted by atomic mass is 9.83. The molecule has 2 aromatic rings. The highest BCUT2D eigenvalue weighted by atomic mass is 79.9. The second-order valence-electron chi connectivity index (χ2n) is 5.03. The average molecular weight is 331 g/mol. The molecule has 4 heteroatoms. The van der Waals surface area contributed by atoms with E-state index in [-0.39, 0.29) is 11.8 Å². The van der Waals surface area contributed by atoms with Gasteiger partial charge in [-0.2, -0.15) is 0 Å². The molecule has 1 atom stereocenters. The Morgan fingerprint density at radius 1 is 1.20 bits per heavy atom. The van der Waals surface area contributed by atoms with Gasteiger partial charge in [0.05, 0.1) is 4.47 Å². The van der Waals surface area contributed by atoms with Crippen molar-refractivity contribution in [3.05, 3.63) is 58.2 Å². The molecule has 1 amide bonds. The third-order valence-corrected chi connectivity index (χ3v) is 4.36. The first-order chi connectivity index (χ1) is 9.74. The van der Waals surface area contributed by atoms with Gasteiger partial charge in [-0.15, -0.1) is 0 Å². The van der Waals surface area contributed by atoms with Crippen molar-refractivity contribution >= 4 is 27.7 Å². The van der Waals surface area contributed by atoms with Crippen molar-refractivity contribution in [2.75, 3.05) is 5.32 Å². The number of aryl methyl sites for hydroxylation is 1. The monoisotopic (exact) mass is 330 g/mol. The molecule has 3 rings (SSSR count). The lowest BCUT2D eigenvalue weighted by molar-refractivity contribution is -0.120. The van der Waals surface area contributed by atoms with Crippen molar-refractivity contribution < 1.29 is 4.79 Å². The predicted octanol–water partition coefficient (Wildman–Crippen LogP) is 3.59. The summed E-state index contributed by atoms with van der Waals surface area (Å²) in [7, 11) is 0. The molecule has 0 saturated carbocycles. The quantitative estimate of drug-likeness (QED) is 0.914. The second kappa shape index (κ2) is 5.75. The van der Waals surface area contributed by atoms with Gasteiger partial charge in [0, 0.05) is 12.1 Å². The molecule has 0 aliphatic heterocycles. The topological polar surface area (TPSA) is 42.0 Å². The third kappa shape index (κ3) is 2.75. The van der Waals surface area contributed by atoms with E-state index < -0.39 is 0 Å². The van der Waals surface area contributed by atoms with E-state index in [9.17, 15) is 4.79 Å². The molecule has 0 bridgehead atoms. The van der Waals surface area contributed by atoms with Gasteiger partial charge in [0.15, 0.2) is 0 Å². The van der Waals surface area contributed by atoms with Crippen LogP contribution >= 0.6 is 15.9 Å². The lowest BCUT2D eigenvalue weighted by Gasteiger charge is -2.23. The van der Waals surface area contributed by atoms with Gasteiger partial charge in [-0.25, -0.2) is 4.98 Å². The molecule has 0 saturated heterocycles. The van der Waals surface area contributed by atoms with Gasteiger partial charge in [0.2, 0.25) is 5.91 Å². The van der Waals surface area contributed by atoms with Crippen LogP contribution in [0, 0.1) is 5.92 Å². The molecule has 3 nitrogen and oxygen atoms in total. The Kier molecular flexibility index (Phi) is 3.83. The van der Waals surface area contributed by atoms with Crippen molar-refractivity contribution in [3.8, 4) is 0 Å². The zero-order valence-corrected chi connectivity index (χ0v) is 12.6. The normalized spacial score (nSPS) is 17.4. The number of carbonyl (C=O) groups is 1. The summed E-state index contributed by atoms with van der Waals surface area (Å²) >= 11 is 3.40. The molecule has 1 N–H and O–H groups in total. The third-order valence-electron chi connectivity index (χ3n) is 3.72. The fourth-order valence-electron chi connectivity index (χ4n) is 2.62. The van der Waals surface area contributed by atoms with E-state index in [1.54, 1.807) is 6.20 Å². The van der Waals surface area contributed by atoms with Crippen LogP contribution in [-0.4, -0.2) is 10.9 Å². The van der Waals surface area contributed by atoms with Crippen molar-refractivity contribution in [3.63, 3.8) is 0 Å². The van der Waals surface area contributed by atoms with E-state index in [0.29, 0.717) is 5.82 Å². The Labute approximate surface area is 126 Å². The number of rotatable bonds is 2. The van der Waals surface area contributed by atoms with Crippen LogP contribution in [0.1, 0.15) is 17.5 Å². The largest absolute Gasteiger partial charge is 0.310 e. The Bertz CT molecular complexity index is 642. The number of hydrogen-bond acceptors (Lipinski definition) is 2. The van der Waals surface area contributed by atoms with Crippen LogP contribution in [0.15, 0.2) is 47.1 Å². The molecular formula is C16H15BrN2O. The summed E-state index contributed by atoms with van der Waals surface area (Å²) in [5.41, 5.74) is 2.66. The zero-order valence-electron chi connectivity index (χ0n) is 11.0. The highest BCUT2D eigenvalue weighted by Crippen LogP contribution is 2.27. The number of hydrogen-bond donors (Lipinski definition) is 1. The summed E-state index contributed by atoms with van der Waals surface area (Å²) in [6.45, 7) is 0. The number of benzene rings is 1. The molecule has 102 valence electrons. The summed E-state index contributed by atoms with van der Waals surface area (Å²) in [5.74, 6) is 0.675. The van der Waals surface area contributed by atoms with Gasteiger partial charge in [0.1, 0.15) is 5.82 Å². The molecule has 1 heterocycles. The minimum atomic E-state index is 0.0267. The Morgan fingerprint density at radius 3 is 2.80 bits per heavy atom. The summed E-state index contributed by atoms with van der Waals surface area (Å²) < 4.78 is 0.810. The minimum absolute atomic E-state index is 0.0267. The second-order valence-corrected chi connectivity index (χ2v) is 5.89. The number of aromatic nitrogens is 1. The van der Waals surface area contributed by atoms with Crippen LogP contribution < -0.4 is 5.32 Å². The fourth-order valence-corrected chi connectivity index (χ4v) is 2.97. The number of pyridine rings is 1. The van der Waals surface area contributed by atoms with Gasteiger partial charge in [-0.3, -0.25) is 4.79 Å². The standard InChI is InChI=1S/C16H15BrN2O/c17-14-6-3-9-18-15(14)19-16(20)13-8-7-11-4-1-2-5-12(11)10-13/h1-6,9,13H,7-8,10H2,(H,18,19,20). The number of nitrogens with one attached hydrogen (secondary N) is 1. The molecule has 1 aromatic carbocycles. The van der Waals surface area contributed by atoms with Gasteiger partial charge in [-0.1, -0.05) is 24.3 Å². The molecular weight excluding hydrogens is 316 g/mol. The average Bonchev–Trinajstić information content (AvgIpc) is 2.49. The van der Waals surface area contributed by atoms with E-state index in [4.69, 9.17) is 0 Å². The van der Waals surface area contributed by atoms with Crippen LogP contribution in [0.4, 0.5) is 5.82 Å². The van der Waals surface area contributed by atoms with Gasteiger partial charge in [0.25, 0.3) is 0 Å². The summed E-state index contributed by atoms with van der Waals surface area (Å²) in [4.78, 5) is 16.5. The minimum Gasteiger partial charge on any atom is -0.310 e. The summed E-state index contributed by atoms with van der Waals surface area (Å²) in [6.07, 6.45) is 4.36. The smallest absolute Gasteiger partial charge is 0.229 e. The molecule has 0 spiro atoms. The van der Waals surface area contributed by atoms with E-state index in [0.717, 1.165) is 23.7 Å². The Hall–Kier alpha value is -1.68. The maximum absolute atomic E-state index is 12.4. The van der Waals surface area contributed by atoms with Crippen molar-refractivity contribution in [1.29, 1.82) is 0 Å². The van der Waals surface area contributed by atoms with Crippen LogP contribution in [0.25, 0.3) is 0 Å². The number of anilines is 1. The SMILES string of the molecule is O=C(Nc1ncccc1Br)C1CCc2ccccc2C1. The van der Waals surface area contributed by atoms with E-state index >= 15 is 0 Å². The molecule has 1 aliphatic rings. The highest BCUT2D eigenvalue weighted by Gasteiger charge is 2.24. The first kappa shape index (κ1) is 13.3. The van der Waals surface area contributed by atoms with Gasteiger partial charge >= 0.3 is 0 Å². The van der Waals surface area contributed by atoms with Crippen LogP contribution in [-0.2, 0) is 17.6 Å². The Morgan fingerprint density at radius 2 is 2.00 bits per heavy atom. The lowest BCUT2D eigenvalue weighted by Crippen LogP contribution is -2.28. The number of fused-ring (bicyclic) bond motifs is 1. The van der Waals surface area contributed by atoms with E-state index in [1.807, 2.05) is 18.2 Å². The molecule has 1 aromatic heterocycles. The first-order valence-corrected chi connectivity index (χ1v) is 7.51. The zero-order chi connectivity index (χ0) is 13.9. The molecule has 1 unspecified atom stereocenters. The maximum atomic E-state index is 12.4. The number of halogens is 1. The molecule has 20 heavy (non-hydrogen) atoms. The van der Waals surface area contributed by atoms with Gasteiger partial charge in [-0.05, 0) is 58.5 Å². The van der Waals surface area contributed by atoms with Crippen molar-refractivity contribution in [2.45, 2.75) is 19.3 Å². The van der Waals surface area contributed by atoms with Crippen molar-refractivity contribution in [1.82, 2.24) is 4.98 Å². The maximum Gasteiger partial charge on any atom is 0.229 e. The first-order valence-electron chi connectivity index (χ1n) is 6.72. The van der Waals surface area contributed by atoms with Gasteiger partial charge < -0.3 is 5.32 Å². The van der Waals surface area contributed by atoms with E-state index in [2.05, 4.69) is 44.4 Å².